The van der Waals surface area contributed by atoms with Gasteiger partial charge in [0.2, 0.25) is 0 Å². The number of rotatable bonds is 4. The number of carbonyl (C=O) groups excluding carboxylic acids is 1. The molecule has 0 radical (unpaired) electrons. The summed E-state index contributed by atoms with van der Waals surface area (Å²) in [7, 11) is 0. The third-order valence-corrected chi connectivity index (χ3v) is 3.09. The summed E-state index contributed by atoms with van der Waals surface area (Å²) in [6, 6.07) is -0.346. The van der Waals surface area contributed by atoms with E-state index in [0.717, 1.165) is 0 Å². The molecule has 0 spiro atoms. The molecule has 11 heteroatoms. The molecule has 2 aromatic rings. The van der Waals surface area contributed by atoms with Gasteiger partial charge in [0.05, 0.1) is 17.2 Å². The van der Waals surface area contributed by atoms with Gasteiger partial charge in [-0.25, -0.2) is 9.97 Å². The second kappa shape index (κ2) is 6.50. The summed E-state index contributed by atoms with van der Waals surface area (Å²) >= 11 is 5.68. The Morgan fingerprint density at radius 1 is 1.52 bits per heavy atom. The smallest absolute Gasteiger partial charge is 0.394 e. The maximum absolute atomic E-state index is 12.5. The maximum Gasteiger partial charge on any atom is 0.417 e. The zero-order valence-electron chi connectivity index (χ0n) is 11.6. The van der Waals surface area contributed by atoms with Gasteiger partial charge in [0.15, 0.2) is 5.82 Å². The molecule has 2 aromatic heterocycles. The number of halogens is 4. The molecule has 3 N–H and O–H groups in total. The van der Waals surface area contributed by atoms with Gasteiger partial charge in [-0.2, -0.15) is 18.3 Å². The Hall–Kier alpha value is -2.20. The first-order valence-electron chi connectivity index (χ1n) is 6.25. The summed E-state index contributed by atoms with van der Waals surface area (Å²) in [6.07, 6.45) is -4.11. The second-order valence-electron chi connectivity index (χ2n) is 4.54. The molecule has 0 aliphatic carbocycles. The molecular formula is C12H11ClF3N5O2. The van der Waals surface area contributed by atoms with Crippen molar-refractivity contribution in [2.24, 2.45) is 0 Å². The first-order chi connectivity index (χ1) is 10.7. The molecule has 2 rings (SSSR count). The van der Waals surface area contributed by atoms with Crippen LogP contribution in [-0.2, 0) is 6.18 Å². The Morgan fingerprint density at radius 2 is 2.22 bits per heavy atom. The van der Waals surface area contributed by atoms with Gasteiger partial charge in [0.1, 0.15) is 17.6 Å². The van der Waals surface area contributed by atoms with E-state index >= 15 is 0 Å². The van der Waals surface area contributed by atoms with E-state index in [1.54, 1.807) is 6.92 Å². The molecule has 0 aliphatic rings. The SMILES string of the molecule is Cc1nc([C@@H](CO)NC(=O)c2ncc(C(F)(F)F)cc2Cl)n[nH]1. The minimum Gasteiger partial charge on any atom is -0.394 e. The molecule has 0 fully saturated rings. The molecule has 23 heavy (non-hydrogen) atoms. The van der Waals surface area contributed by atoms with Crippen LogP contribution in [0.3, 0.4) is 0 Å². The normalized spacial score (nSPS) is 13.0. The van der Waals surface area contributed by atoms with E-state index in [-0.39, 0.29) is 5.82 Å². The minimum atomic E-state index is -4.62. The number of amides is 1. The number of nitrogens with zero attached hydrogens (tertiary/aromatic N) is 3. The van der Waals surface area contributed by atoms with Gasteiger partial charge >= 0.3 is 6.18 Å². The van der Waals surface area contributed by atoms with Crippen LogP contribution in [-0.4, -0.2) is 37.8 Å². The lowest BCUT2D eigenvalue weighted by Crippen LogP contribution is -2.32. The van der Waals surface area contributed by atoms with E-state index in [9.17, 15) is 23.1 Å². The fraction of sp³-hybridized carbons (Fsp3) is 0.333. The number of aromatic amines is 1. The van der Waals surface area contributed by atoms with Crippen LogP contribution in [0.25, 0.3) is 0 Å². The second-order valence-corrected chi connectivity index (χ2v) is 4.95. The number of nitrogens with one attached hydrogen (secondary N) is 2. The summed E-state index contributed by atoms with van der Waals surface area (Å²) in [5.41, 5.74) is -1.47. The number of alkyl halides is 3. The fourth-order valence-electron chi connectivity index (χ4n) is 1.69. The van der Waals surface area contributed by atoms with Crippen molar-refractivity contribution >= 4 is 17.5 Å². The lowest BCUT2D eigenvalue weighted by Gasteiger charge is -2.14. The van der Waals surface area contributed by atoms with Crippen molar-refractivity contribution in [2.45, 2.75) is 19.1 Å². The number of aryl methyl sites for hydroxylation is 1. The predicted molar refractivity (Wildman–Crippen MR) is 72.7 cm³/mol. The Balaban J connectivity index is 2.20. The molecule has 0 saturated heterocycles. The maximum atomic E-state index is 12.5. The van der Waals surface area contributed by atoms with Crippen LogP contribution in [0.1, 0.15) is 33.7 Å². The highest BCUT2D eigenvalue weighted by Crippen LogP contribution is 2.31. The Kier molecular flexibility index (Phi) is 4.85. The van der Waals surface area contributed by atoms with Gasteiger partial charge in [-0.05, 0) is 13.0 Å². The van der Waals surface area contributed by atoms with E-state index < -0.39 is 41.0 Å². The molecule has 0 bridgehead atoms. The minimum absolute atomic E-state index is 0.126. The highest BCUT2D eigenvalue weighted by molar-refractivity contribution is 6.33. The molecule has 0 aromatic carbocycles. The largest absolute Gasteiger partial charge is 0.417 e. The zero-order valence-corrected chi connectivity index (χ0v) is 12.4. The third-order valence-electron chi connectivity index (χ3n) is 2.80. The molecule has 7 nitrogen and oxygen atoms in total. The van der Waals surface area contributed by atoms with Crippen molar-refractivity contribution in [2.75, 3.05) is 6.61 Å². The average Bonchev–Trinajstić information content (AvgIpc) is 2.89. The molecular weight excluding hydrogens is 339 g/mol. The number of aliphatic hydroxyl groups excluding tert-OH is 1. The van der Waals surface area contributed by atoms with Crippen molar-refractivity contribution in [3.05, 3.63) is 40.2 Å². The molecule has 0 aliphatic heterocycles. The van der Waals surface area contributed by atoms with Crippen molar-refractivity contribution in [3.8, 4) is 0 Å². The predicted octanol–water partition coefficient (Wildman–Crippen LogP) is 1.64. The molecule has 0 unspecified atom stereocenters. The van der Waals surface area contributed by atoms with Crippen LogP contribution in [0.5, 0.6) is 0 Å². The van der Waals surface area contributed by atoms with Gasteiger partial charge in [0, 0.05) is 6.20 Å². The van der Waals surface area contributed by atoms with Crippen LogP contribution >= 0.6 is 11.6 Å². The molecule has 0 saturated carbocycles. The Morgan fingerprint density at radius 3 is 2.70 bits per heavy atom. The Bertz CT molecular complexity index is 719. The Labute approximate surface area is 132 Å². The van der Waals surface area contributed by atoms with E-state index in [2.05, 4.69) is 25.5 Å². The van der Waals surface area contributed by atoms with Crippen molar-refractivity contribution in [3.63, 3.8) is 0 Å². The lowest BCUT2D eigenvalue weighted by atomic mass is 10.2. The van der Waals surface area contributed by atoms with Gasteiger partial charge in [0.25, 0.3) is 5.91 Å². The highest BCUT2D eigenvalue weighted by atomic mass is 35.5. The van der Waals surface area contributed by atoms with Crippen LogP contribution < -0.4 is 5.32 Å². The first-order valence-corrected chi connectivity index (χ1v) is 6.63. The number of carbonyl (C=O) groups is 1. The highest BCUT2D eigenvalue weighted by Gasteiger charge is 2.32. The molecule has 2 heterocycles. The number of aliphatic hydroxyl groups is 1. The topological polar surface area (TPSA) is 104 Å². The average molecular weight is 350 g/mol. The van der Waals surface area contributed by atoms with Crippen LogP contribution in [0, 0.1) is 6.92 Å². The van der Waals surface area contributed by atoms with Crippen molar-refractivity contribution < 1.29 is 23.1 Å². The quantitative estimate of drug-likeness (QED) is 0.778. The summed E-state index contributed by atoms with van der Waals surface area (Å²) in [5, 5.41) is 17.5. The summed E-state index contributed by atoms with van der Waals surface area (Å²) in [4.78, 5) is 19.5. The van der Waals surface area contributed by atoms with Gasteiger partial charge in [-0.1, -0.05) is 11.6 Å². The van der Waals surface area contributed by atoms with Crippen LogP contribution in [0.2, 0.25) is 5.02 Å². The summed E-state index contributed by atoms with van der Waals surface area (Å²) in [6.45, 7) is 1.11. The van der Waals surface area contributed by atoms with Crippen LogP contribution in [0.15, 0.2) is 12.3 Å². The number of hydrogen-bond acceptors (Lipinski definition) is 5. The number of H-pyrrole nitrogens is 1. The molecule has 124 valence electrons. The third kappa shape index (κ3) is 3.96. The fourth-order valence-corrected chi connectivity index (χ4v) is 1.95. The standard InChI is InChI=1S/C12H11ClF3N5O2/c1-5-18-10(21-20-5)8(4-22)19-11(23)9-7(13)2-6(3-17-9)12(14,15)16/h2-3,8,22H,4H2,1H3,(H,19,23)(H,18,20,21)/t8-/m1/s1. The number of pyridine rings is 1. The number of aromatic nitrogens is 4. The van der Waals surface area contributed by atoms with Crippen molar-refractivity contribution in [1.29, 1.82) is 0 Å². The lowest BCUT2D eigenvalue weighted by molar-refractivity contribution is -0.137. The van der Waals surface area contributed by atoms with E-state index in [0.29, 0.717) is 18.1 Å². The molecule has 1 amide bonds. The van der Waals surface area contributed by atoms with E-state index in [4.69, 9.17) is 11.6 Å². The summed E-state index contributed by atoms with van der Waals surface area (Å²) < 4.78 is 37.6. The first kappa shape index (κ1) is 17.2. The number of hydrogen-bond donors (Lipinski definition) is 3. The van der Waals surface area contributed by atoms with Gasteiger partial charge < -0.3 is 10.4 Å². The summed E-state index contributed by atoms with van der Waals surface area (Å²) in [5.74, 6) is -0.259. The van der Waals surface area contributed by atoms with Gasteiger partial charge in [-0.3, -0.25) is 9.89 Å². The molecule has 1 atom stereocenters. The zero-order chi connectivity index (χ0) is 17.2. The van der Waals surface area contributed by atoms with Gasteiger partial charge in [-0.15, -0.1) is 0 Å². The monoisotopic (exact) mass is 349 g/mol. The van der Waals surface area contributed by atoms with E-state index in [1.807, 2.05) is 0 Å². The van der Waals surface area contributed by atoms with Crippen LogP contribution in [0.4, 0.5) is 13.2 Å². The van der Waals surface area contributed by atoms with E-state index in [1.165, 1.54) is 0 Å². The van der Waals surface area contributed by atoms with Crippen molar-refractivity contribution in [1.82, 2.24) is 25.5 Å².